The molecule has 5 heteroatoms. The third-order valence-corrected chi connectivity index (χ3v) is 3.64. The molecule has 2 nitrogen and oxygen atoms in total. The number of fused-ring (bicyclic) bond motifs is 1. The largest absolute Gasteiger partial charge is 1.00 e. The van der Waals surface area contributed by atoms with Crippen LogP contribution in [0.3, 0.4) is 0 Å². The van der Waals surface area contributed by atoms with E-state index in [-0.39, 0.29) is 17.0 Å². The van der Waals surface area contributed by atoms with Gasteiger partial charge in [0.05, 0.1) is 6.42 Å². The van der Waals surface area contributed by atoms with E-state index in [1.54, 1.807) is 11.3 Å². The zero-order valence-electron chi connectivity index (χ0n) is 8.74. The van der Waals surface area contributed by atoms with Gasteiger partial charge in [-0.05, 0) is 12.1 Å². The summed E-state index contributed by atoms with van der Waals surface area (Å²) in [4.78, 5) is 10.4. The van der Waals surface area contributed by atoms with Crippen LogP contribution in [-0.4, -0.2) is 6.29 Å². The molecule has 0 bridgehead atoms. The molecular weight excluding hydrogens is 310 g/mol. The number of benzene rings is 1. The normalized spacial score (nSPS) is 10.1. The van der Waals surface area contributed by atoms with E-state index in [9.17, 15) is 4.79 Å². The number of rotatable bonds is 3. The van der Waals surface area contributed by atoms with E-state index >= 15 is 0 Å². The highest BCUT2D eigenvalue weighted by molar-refractivity contribution is 7.18. The summed E-state index contributed by atoms with van der Waals surface area (Å²) in [5.41, 5.74) is 1.12. The molecule has 0 spiro atoms. The Kier molecular flexibility index (Phi) is 4.89. The molecule has 0 fully saturated rings. The Hall–Kier alpha value is -0.450. The first-order valence-electron chi connectivity index (χ1n) is 4.74. The monoisotopic (exact) mass is 319 g/mol. The molecule has 0 saturated carbocycles. The summed E-state index contributed by atoms with van der Waals surface area (Å²) in [5, 5.41) is 1.94. The Morgan fingerprint density at radius 2 is 2.25 bits per heavy atom. The second-order valence-corrected chi connectivity index (χ2v) is 5.01. The van der Waals surface area contributed by atoms with Crippen LogP contribution in [0.5, 0.6) is 0 Å². The van der Waals surface area contributed by atoms with E-state index in [4.69, 9.17) is 11.6 Å². The molecule has 0 aliphatic carbocycles. The average molecular weight is 321 g/mol. The summed E-state index contributed by atoms with van der Waals surface area (Å²) in [7, 11) is 0. The number of aryl methyl sites for hydroxylation is 2. The van der Waals surface area contributed by atoms with E-state index < -0.39 is 0 Å². The van der Waals surface area contributed by atoms with Gasteiger partial charge in [-0.2, -0.15) is 4.57 Å². The molecule has 0 unspecified atom stereocenters. The lowest BCUT2D eigenvalue weighted by atomic mass is 10.3. The Bertz CT molecular complexity index is 512. The van der Waals surface area contributed by atoms with Gasteiger partial charge in [0, 0.05) is 18.0 Å². The maximum atomic E-state index is 10.4. The van der Waals surface area contributed by atoms with Crippen LogP contribution in [-0.2, 0) is 11.3 Å². The first kappa shape index (κ1) is 13.6. The fourth-order valence-corrected chi connectivity index (χ4v) is 2.83. The van der Waals surface area contributed by atoms with Crippen molar-refractivity contribution in [2.45, 2.75) is 19.9 Å². The Balaban J connectivity index is 0.00000128. The molecule has 0 amide bonds. The van der Waals surface area contributed by atoms with Gasteiger partial charge >= 0.3 is 0 Å². The zero-order valence-corrected chi connectivity index (χ0v) is 11.9. The van der Waals surface area contributed by atoms with E-state index in [2.05, 4.69) is 11.5 Å². The third-order valence-electron chi connectivity index (χ3n) is 2.32. The number of carbonyl (C=O) groups is 1. The highest BCUT2D eigenvalue weighted by Gasteiger charge is 2.16. The van der Waals surface area contributed by atoms with Gasteiger partial charge in [-0.3, -0.25) is 0 Å². The highest BCUT2D eigenvalue weighted by Crippen LogP contribution is 2.23. The van der Waals surface area contributed by atoms with Crippen LogP contribution in [0.4, 0.5) is 0 Å². The number of aromatic nitrogens is 1. The van der Waals surface area contributed by atoms with Crippen LogP contribution in [0, 0.1) is 6.92 Å². The van der Waals surface area contributed by atoms with Gasteiger partial charge in [-0.25, -0.2) is 0 Å². The quantitative estimate of drug-likeness (QED) is 0.564. The smallest absolute Gasteiger partial charge is 0.235 e. The molecule has 16 heavy (non-hydrogen) atoms. The van der Waals surface area contributed by atoms with Gasteiger partial charge < -0.3 is 21.8 Å². The van der Waals surface area contributed by atoms with Crippen LogP contribution >= 0.6 is 22.9 Å². The molecule has 0 radical (unpaired) electrons. The molecule has 1 aromatic heterocycles. The molecule has 1 aromatic carbocycles. The van der Waals surface area contributed by atoms with Crippen molar-refractivity contribution in [3.8, 4) is 0 Å². The second kappa shape index (κ2) is 5.75. The molecule has 1 heterocycles. The minimum Gasteiger partial charge on any atom is -1.00 e. The summed E-state index contributed by atoms with van der Waals surface area (Å²) in [5.74, 6) is 0. The van der Waals surface area contributed by atoms with Gasteiger partial charge in [-0.15, -0.1) is 0 Å². The Morgan fingerprint density at radius 3 is 2.94 bits per heavy atom. The zero-order chi connectivity index (χ0) is 10.8. The Morgan fingerprint density at radius 1 is 1.50 bits per heavy atom. The highest BCUT2D eigenvalue weighted by atomic mass is 79.9. The fourth-order valence-electron chi connectivity index (χ4n) is 1.63. The lowest BCUT2D eigenvalue weighted by Crippen LogP contribution is -3.00. The second-order valence-electron chi connectivity index (χ2n) is 3.34. The minimum atomic E-state index is 0. The van der Waals surface area contributed by atoms with Gasteiger partial charge in [0.25, 0.3) is 0 Å². The number of aldehydes is 1. The predicted octanol–water partition coefficient (Wildman–Crippen LogP) is -0.256. The number of carbonyl (C=O) groups excluding carboxylic acids is 1. The van der Waals surface area contributed by atoms with Gasteiger partial charge in [0.1, 0.15) is 11.0 Å². The van der Waals surface area contributed by atoms with E-state index in [1.165, 1.54) is 9.71 Å². The van der Waals surface area contributed by atoms with Crippen LogP contribution < -0.4 is 21.5 Å². The SMILES string of the molecule is Cc1sc2ccc(Cl)cc2[n+]1CCC=O.[Br-]. The molecule has 0 atom stereocenters. The molecule has 86 valence electrons. The molecule has 0 N–H and O–H groups in total. The van der Waals surface area contributed by atoms with Crippen molar-refractivity contribution in [3.05, 3.63) is 28.2 Å². The van der Waals surface area contributed by atoms with Crippen molar-refractivity contribution in [1.29, 1.82) is 0 Å². The number of nitrogens with zero attached hydrogens (tertiary/aromatic N) is 1. The first-order valence-corrected chi connectivity index (χ1v) is 5.94. The van der Waals surface area contributed by atoms with Crippen molar-refractivity contribution in [2.24, 2.45) is 0 Å². The Labute approximate surface area is 114 Å². The first-order chi connectivity index (χ1) is 7.22. The summed E-state index contributed by atoms with van der Waals surface area (Å²) in [6.45, 7) is 2.79. The molecule has 2 rings (SSSR count). The van der Waals surface area contributed by atoms with Gasteiger partial charge in [0.15, 0.2) is 6.54 Å². The number of halogens is 2. The summed E-state index contributed by atoms with van der Waals surface area (Å²) >= 11 is 7.68. The van der Waals surface area contributed by atoms with Crippen LogP contribution in [0.1, 0.15) is 11.4 Å². The van der Waals surface area contributed by atoms with Crippen molar-refractivity contribution in [3.63, 3.8) is 0 Å². The summed E-state index contributed by atoms with van der Waals surface area (Å²) in [6.07, 6.45) is 1.49. The maximum absolute atomic E-state index is 10.4. The average Bonchev–Trinajstić information content (AvgIpc) is 2.51. The van der Waals surface area contributed by atoms with Crippen LogP contribution in [0.2, 0.25) is 5.02 Å². The van der Waals surface area contributed by atoms with Crippen LogP contribution in [0.15, 0.2) is 18.2 Å². The molecule has 0 saturated heterocycles. The molecule has 0 aliphatic rings. The maximum Gasteiger partial charge on any atom is 0.235 e. The van der Waals surface area contributed by atoms with Crippen molar-refractivity contribution in [2.75, 3.05) is 0 Å². The fraction of sp³-hybridized carbons (Fsp3) is 0.273. The van der Waals surface area contributed by atoms with Crippen molar-refractivity contribution >= 4 is 39.4 Å². The molecule has 0 aliphatic heterocycles. The summed E-state index contributed by atoms with van der Waals surface area (Å²) < 4.78 is 3.35. The minimum absolute atomic E-state index is 0. The topological polar surface area (TPSA) is 20.9 Å². The lowest BCUT2D eigenvalue weighted by Gasteiger charge is -1.93. The van der Waals surface area contributed by atoms with Gasteiger partial charge in [-0.1, -0.05) is 22.9 Å². The van der Waals surface area contributed by atoms with Crippen molar-refractivity contribution < 1.29 is 26.3 Å². The number of hydrogen-bond donors (Lipinski definition) is 0. The van der Waals surface area contributed by atoms with Crippen LogP contribution in [0.25, 0.3) is 10.2 Å². The van der Waals surface area contributed by atoms with Crippen molar-refractivity contribution in [1.82, 2.24) is 0 Å². The van der Waals surface area contributed by atoms with E-state index in [0.717, 1.165) is 23.4 Å². The van der Waals surface area contributed by atoms with E-state index in [1.807, 2.05) is 18.2 Å². The number of hydrogen-bond acceptors (Lipinski definition) is 2. The molecular formula is C11H11BrClNOS. The third kappa shape index (κ3) is 2.62. The van der Waals surface area contributed by atoms with Gasteiger partial charge in [0.2, 0.25) is 10.5 Å². The van der Waals surface area contributed by atoms with E-state index in [0.29, 0.717) is 6.42 Å². The summed E-state index contributed by atoms with van der Waals surface area (Å²) in [6, 6.07) is 5.86. The standard InChI is InChI=1S/C11H11ClNOS.BrH/c1-8-13(5-2-6-14)10-7-9(12)3-4-11(10)15-8;/h3-4,6-7H,2,5H2,1H3;1H/q+1;/p-1. The molecule has 2 aromatic rings. The lowest BCUT2D eigenvalue weighted by molar-refractivity contribution is -0.671. The predicted molar refractivity (Wildman–Crippen MR) is 62.4 cm³/mol. The number of thiazole rings is 1.